The number of hydrogen-bond acceptors (Lipinski definition) is 6. The third kappa shape index (κ3) is 5.15. The van der Waals surface area contributed by atoms with Crippen LogP contribution < -0.4 is 19.6 Å². The Bertz CT molecular complexity index is 867. The lowest BCUT2D eigenvalue weighted by molar-refractivity contribution is 0.0954. The molecule has 2 N–H and O–H groups in total. The summed E-state index contributed by atoms with van der Waals surface area (Å²) in [5.41, 5.74) is 3.29. The molecule has 2 rings (SSSR count). The summed E-state index contributed by atoms with van der Waals surface area (Å²) in [6.07, 6.45) is 2.99. The summed E-state index contributed by atoms with van der Waals surface area (Å²) >= 11 is 5.91. The average Bonchev–Trinajstić information content (AvgIpc) is 2.68. The van der Waals surface area contributed by atoms with Crippen molar-refractivity contribution in [3.05, 3.63) is 59.1 Å². The van der Waals surface area contributed by atoms with Gasteiger partial charge in [0.05, 0.1) is 25.5 Å². The van der Waals surface area contributed by atoms with E-state index >= 15 is 0 Å². The van der Waals surface area contributed by atoms with Gasteiger partial charge in [0.1, 0.15) is 6.61 Å². The van der Waals surface area contributed by atoms with E-state index in [9.17, 15) is 9.90 Å². The number of rotatable bonds is 8. The van der Waals surface area contributed by atoms with Crippen molar-refractivity contribution in [2.75, 3.05) is 20.8 Å². The maximum Gasteiger partial charge on any atom is 0.271 e. The number of nitrogens with one attached hydrogen (secondary N) is 1. The number of halogens is 1. The number of ether oxygens (including phenoxy) is 3. The molecule has 0 unspecified atom stereocenters. The Kier molecular flexibility index (Phi) is 7.08. The summed E-state index contributed by atoms with van der Waals surface area (Å²) < 4.78 is 15.7. The van der Waals surface area contributed by atoms with E-state index in [0.29, 0.717) is 29.2 Å². The average molecular weight is 391 g/mol. The van der Waals surface area contributed by atoms with E-state index in [1.165, 1.54) is 32.6 Å². The number of hydrazone groups is 1. The van der Waals surface area contributed by atoms with Crippen molar-refractivity contribution in [3.8, 4) is 23.0 Å². The second-order valence-corrected chi connectivity index (χ2v) is 5.63. The molecule has 0 bridgehead atoms. The number of hydrogen-bond donors (Lipinski definition) is 2. The molecule has 0 aliphatic rings. The van der Waals surface area contributed by atoms with Crippen LogP contribution in [0, 0.1) is 0 Å². The third-order valence-corrected chi connectivity index (χ3v) is 3.72. The minimum Gasteiger partial charge on any atom is -0.503 e. The molecule has 0 aliphatic carbocycles. The van der Waals surface area contributed by atoms with Crippen molar-refractivity contribution >= 4 is 23.7 Å². The summed E-state index contributed by atoms with van der Waals surface area (Å²) in [5.74, 6) is 0.532. The molecular weight excluding hydrogens is 372 g/mol. The van der Waals surface area contributed by atoms with Crippen molar-refractivity contribution in [2.24, 2.45) is 5.10 Å². The van der Waals surface area contributed by atoms with E-state index in [1.807, 2.05) is 0 Å². The molecule has 1 amide bonds. The van der Waals surface area contributed by atoms with E-state index in [1.54, 1.807) is 24.3 Å². The van der Waals surface area contributed by atoms with Gasteiger partial charge in [-0.1, -0.05) is 24.3 Å². The molecule has 0 saturated carbocycles. The Labute approximate surface area is 161 Å². The highest BCUT2D eigenvalue weighted by Gasteiger charge is 2.11. The molecule has 0 radical (unpaired) electrons. The Balaban J connectivity index is 2.10. The van der Waals surface area contributed by atoms with Gasteiger partial charge in [-0.05, 0) is 35.9 Å². The van der Waals surface area contributed by atoms with Gasteiger partial charge < -0.3 is 19.3 Å². The molecular formula is C19H19ClN2O5. The molecule has 142 valence electrons. The van der Waals surface area contributed by atoms with Crippen molar-refractivity contribution in [2.45, 2.75) is 0 Å². The highest BCUT2D eigenvalue weighted by molar-refractivity contribution is 6.32. The molecule has 0 atom stereocenters. The fourth-order valence-corrected chi connectivity index (χ4v) is 2.35. The fraction of sp³-hybridized carbons (Fsp3) is 0.158. The molecule has 2 aromatic rings. The maximum absolute atomic E-state index is 12.2. The summed E-state index contributed by atoms with van der Waals surface area (Å²) in [5, 5.41) is 13.7. The van der Waals surface area contributed by atoms with Crippen molar-refractivity contribution in [3.63, 3.8) is 0 Å². The van der Waals surface area contributed by atoms with Gasteiger partial charge in [0.2, 0.25) is 0 Å². The van der Waals surface area contributed by atoms with Crippen LogP contribution in [0.5, 0.6) is 23.0 Å². The summed E-state index contributed by atoms with van der Waals surface area (Å²) in [7, 11) is 2.89. The van der Waals surface area contributed by atoms with Gasteiger partial charge >= 0.3 is 0 Å². The first-order valence-electron chi connectivity index (χ1n) is 7.81. The van der Waals surface area contributed by atoms with Crippen LogP contribution in [0.15, 0.2) is 48.1 Å². The largest absolute Gasteiger partial charge is 0.503 e. The standard InChI is InChI=1S/C19H19ClN2O5/c1-4-7-27-15-6-5-13(10-16(15)25-2)19(24)22-21-11-12-8-14(20)18(23)17(9-12)26-3/h4-6,8-11,23H,1,7H2,2-3H3,(H,22,24)/b21-11+. The highest BCUT2D eigenvalue weighted by atomic mass is 35.5. The summed E-state index contributed by atoms with van der Waals surface area (Å²) in [4.78, 5) is 12.2. The maximum atomic E-state index is 12.2. The van der Waals surface area contributed by atoms with Gasteiger partial charge in [-0.2, -0.15) is 5.10 Å². The van der Waals surface area contributed by atoms with Gasteiger partial charge in [0, 0.05) is 5.56 Å². The molecule has 0 fully saturated rings. The number of phenolic OH excluding ortho intramolecular Hbond substituents is 1. The molecule has 0 aliphatic heterocycles. The fourth-order valence-electron chi connectivity index (χ4n) is 2.13. The lowest BCUT2D eigenvalue weighted by Crippen LogP contribution is -2.17. The lowest BCUT2D eigenvalue weighted by atomic mass is 10.2. The molecule has 27 heavy (non-hydrogen) atoms. The predicted octanol–water partition coefficient (Wildman–Crippen LogP) is 3.39. The quantitative estimate of drug-likeness (QED) is 0.409. The van der Waals surface area contributed by atoms with Crippen LogP contribution in [0.25, 0.3) is 0 Å². The van der Waals surface area contributed by atoms with E-state index in [2.05, 4.69) is 17.1 Å². The van der Waals surface area contributed by atoms with Crippen LogP contribution >= 0.6 is 11.6 Å². The Hall–Kier alpha value is -3.19. The van der Waals surface area contributed by atoms with Gasteiger partial charge in [-0.3, -0.25) is 4.79 Å². The molecule has 0 aromatic heterocycles. The van der Waals surface area contributed by atoms with E-state index in [4.69, 9.17) is 25.8 Å². The summed E-state index contributed by atoms with van der Waals surface area (Å²) in [6, 6.07) is 7.79. The summed E-state index contributed by atoms with van der Waals surface area (Å²) in [6.45, 7) is 3.91. The van der Waals surface area contributed by atoms with Gasteiger partial charge in [-0.25, -0.2) is 5.43 Å². The molecule has 8 heteroatoms. The van der Waals surface area contributed by atoms with Crippen LogP contribution in [0.1, 0.15) is 15.9 Å². The number of phenols is 1. The van der Waals surface area contributed by atoms with Crippen molar-refractivity contribution in [1.82, 2.24) is 5.43 Å². The Morgan fingerprint density at radius 2 is 1.96 bits per heavy atom. The second-order valence-electron chi connectivity index (χ2n) is 5.22. The zero-order chi connectivity index (χ0) is 19.8. The number of carbonyl (C=O) groups excluding carboxylic acids is 1. The number of nitrogens with zero attached hydrogens (tertiary/aromatic N) is 1. The molecule has 0 heterocycles. The topological polar surface area (TPSA) is 89.4 Å². The Morgan fingerprint density at radius 3 is 2.63 bits per heavy atom. The smallest absolute Gasteiger partial charge is 0.271 e. The lowest BCUT2D eigenvalue weighted by Gasteiger charge is -2.10. The second kappa shape index (κ2) is 9.49. The minimum absolute atomic E-state index is 0.113. The highest BCUT2D eigenvalue weighted by Crippen LogP contribution is 2.34. The Morgan fingerprint density at radius 1 is 1.22 bits per heavy atom. The van der Waals surface area contributed by atoms with Crippen LogP contribution in [0.4, 0.5) is 0 Å². The SMILES string of the molecule is C=CCOc1ccc(C(=O)N/N=C/c2cc(Cl)c(O)c(OC)c2)cc1OC. The van der Waals surface area contributed by atoms with Gasteiger partial charge in [0.15, 0.2) is 23.0 Å². The monoisotopic (exact) mass is 390 g/mol. The van der Waals surface area contributed by atoms with E-state index < -0.39 is 5.91 Å². The van der Waals surface area contributed by atoms with Crippen LogP contribution in [0.3, 0.4) is 0 Å². The van der Waals surface area contributed by atoms with Gasteiger partial charge in [0.25, 0.3) is 5.91 Å². The normalized spacial score (nSPS) is 10.5. The van der Waals surface area contributed by atoms with Crippen molar-refractivity contribution in [1.29, 1.82) is 0 Å². The number of amides is 1. The first-order valence-corrected chi connectivity index (χ1v) is 8.19. The van der Waals surface area contributed by atoms with E-state index in [0.717, 1.165) is 0 Å². The number of carbonyl (C=O) groups is 1. The van der Waals surface area contributed by atoms with Crippen molar-refractivity contribution < 1.29 is 24.1 Å². The van der Waals surface area contributed by atoms with Crippen LogP contribution in [-0.2, 0) is 0 Å². The first-order chi connectivity index (χ1) is 13.0. The first kappa shape index (κ1) is 20.1. The van der Waals surface area contributed by atoms with Crippen LogP contribution in [0.2, 0.25) is 5.02 Å². The predicted molar refractivity (Wildman–Crippen MR) is 103 cm³/mol. The van der Waals surface area contributed by atoms with E-state index in [-0.39, 0.29) is 16.5 Å². The molecule has 0 saturated heterocycles. The molecule has 2 aromatic carbocycles. The molecule has 0 spiro atoms. The zero-order valence-electron chi connectivity index (χ0n) is 14.9. The zero-order valence-corrected chi connectivity index (χ0v) is 15.6. The number of benzene rings is 2. The van der Waals surface area contributed by atoms with Gasteiger partial charge in [-0.15, -0.1) is 0 Å². The third-order valence-electron chi connectivity index (χ3n) is 3.43. The molecule has 7 nitrogen and oxygen atoms in total. The number of aromatic hydroxyl groups is 1. The van der Waals surface area contributed by atoms with Crippen LogP contribution in [-0.4, -0.2) is 38.1 Å². The minimum atomic E-state index is -0.434. The number of methoxy groups -OCH3 is 2.